The normalized spacial score (nSPS) is 16.6. The molecule has 0 saturated carbocycles. The van der Waals surface area contributed by atoms with E-state index in [9.17, 15) is 4.79 Å². The number of hydrogen-bond donors (Lipinski definition) is 2. The number of aryl methyl sites for hydroxylation is 1. The van der Waals surface area contributed by atoms with E-state index in [0.717, 1.165) is 24.0 Å². The third-order valence-electron chi connectivity index (χ3n) is 3.27. The minimum absolute atomic E-state index is 0.00268. The summed E-state index contributed by atoms with van der Waals surface area (Å²) in [6.45, 7) is 3.32. The van der Waals surface area contributed by atoms with Crippen molar-refractivity contribution in [2.75, 3.05) is 13.2 Å². The second-order valence-electron chi connectivity index (χ2n) is 4.67. The van der Waals surface area contributed by atoms with Crippen LogP contribution in [-0.2, 0) is 11.3 Å². The smallest absolute Gasteiger partial charge is 0.251 e. The highest BCUT2D eigenvalue weighted by atomic mass is 16.5. The first-order chi connectivity index (χ1) is 8.70. The molecule has 2 N–H and O–H groups in total. The Labute approximate surface area is 107 Å². The fourth-order valence-corrected chi connectivity index (χ4v) is 2.18. The van der Waals surface area contributed by atoms with E-state index in [-0.39, 0.29) is 18.6 Å². The van der Waals surface area contributed by atoms with Crippen LogP contribution in [0.1, 0.15) is 34.3 Å². The Morgan fingerprint density at radius 2 is 2.17 bits per heavy atom. The molecule has 1 aromatic carbocycles. The molecule has 1 heterocycles. The van der Waals surface area contributed by atoms with Gasteiger partial charge >= 0.3 is 0 Å². The van der Waals surface area contributed by atoms with Gasteiger partial charge in [-0.3, -0.25) is 4.79 Å². The number of rotatable bonds is 3. The van der Waals surface area contributed by atoms with Crippen molar-refractivity contribution in [2.24, 2.45) is 0 Å². The van der Waals surface area contributed by atoms with Gasteiger partial charge in [-0.15, -0.1) is 0 Å². The van der Waals surface area contributed by atoms with Crippen LogP contribution in [0.5, 0.6) is 0 Å². The number of ether oxygens (including phenoxy) is 1. The van der Waals surface area contributed by atoms with Crippen LogP contribution in [0.15, 0.2) is 18.2 Å². The molecule has 1 aromatic rings. The first-order valence-electron chi connectivity index (χ1n) is 6.29. The first kappa shape index (κ1) is 13.1. The van der Waals surface area contributed by atoms with Crippen molar-refractivity contribution < 1.29 is 14.6 Å². The van der Waals surface area contributed by atoms with E-state index < -0.39 is 0 Å². The van der Waals surface area contributed by atoms with E-state index >= 15 is 0 Å². The van der Waals surface area contributed by atoms with Gasteiger partial charge in [-0.2, -0.15) is 0 Å². The molecule has 1 amide bonds. The molecule has 1 aliphatic rings. The summed E-state index contributed by atoms with van der Waals surface area (Å²) in [5.74, 6) is -0.0381. The van der Waals surface area contributed by atoms with E-state index in [1.807, 2.05) is 13.0 Å². The Morgan fingerprint density at radius 1 is 1.44 bits per heavy atom. The van der Waals surface area contributed by atoms with Crippen LogP contribution in [0.4, 0.5) is 0 Å². The minimum atomic E-state index is -0.0381. The second kappa shape index (κ2) is 5.98. The van der Waals surface area contributed by atoms with Crippen LogP contribution in [-0.4, -0.2) is 30.3 Å². The number of carbonyl (C=O) groups excluding carboxylic acids is 1. The molecular formula is C14H19NO3. The largest absolute Gasteiger partial charge is 0.392 e. The molecule has 0 atom stereocenters. The fraction of sp³-hybridized carbons (Fsp3) is 0.500. The van der Waals surface area contributed by atoms with Gasteiger partial charge < -0.3 is 15.2 Å². The lowest BCUT2D eigenvalue weighted by Gasteiger charge is -2.23. The lowest BCUT2D eigenvalue weighted by Crippen LogP contribution is -2.39. The molecule has 98 valence electrons. The van der Waals surface area contributed by atoms with Crippen LogP contribution < -0.4 is 5.32 Å². The van der Waals surface area contributed by atoms with Crippen molar-refractivity contribution >= 4 is 5.91 Å². The van der Waals surface area contributed by atoms with Crippen LogP contribution in [0.25, 0.3) is 0 Å². The Balaban J connectivity index is 2.03. The van der Waals surface area contributed by atoms with Gasteiger partial charge in [0.2, 0.25) is 0 Å². The van der Waals surface area contributed by atoms with Gasteiger partial charge in [-0.25, -0.2) is 0 Å². The van der Waals surface area contributed by atoms with Crippen molar-refractivity contribution in [3.05, 3.63) is 34.9 Å². The number of aliphatic hydroxyl groups excluding tert-OH is 1. The molecule has 0 unspecified atom stereocenters. The quantitative estimate of drug-likeness (QED) is 0.851. The summed E-state index contributed by atoms with van der Waals surface area (Å²) in [5, 5.41) is 12.1. The number of benzene rings is 1. The Bertz CT molecular complexity index is 425. The van der Waals surface area contributed by atoms with Gasteiger partial charge in [-0.05, 0) is 37.0 Å². The summed E-state index contributed by atoms with van der Waals surface area (Å²) in [7, 11) is 0. The summed E-state index contributed by atoms with van der Waals surface area (Å²) < 4.78 is 5.26. The van der Waals surface area contributed by atoms with E-state index in [2.05, 4.69) is 5.32 Å². The molecule has 0 radical (unpaired) electrons. The number of aliphatic hydroxyl groups is 1. The molecule has 1 aliphatic heterocycles. The molecule has 0 aliphatic carbocycles. The molecule has 0 spiro atoms. The number of carbonyl (C=O) groups is 1. The van der Waals surface area contributed by atoms with Crippen molar-refractivity contribution in [3.63, 3.8) is 0 Å². The fourth-order valence-electron chi connectivity index (χ4n) is 2.18. The van der Waals surface area contributed by atoms with Gasteiger partial charge in [0.15, 0.2) is 0 Å². The summed E-state index contributed by atoms with van der Waals surface area (Å²) in [6.07, 6.45) is 1.75. The highest BCUT2D eigenvalue weighted by molar-refractivity contribution is 5.95. The molecule has 4 nitrogen and oxygen atoms in total. The predicted molar refractivity (Wildman–Crippen MR) is 68.4 cm³/mol. The predicted octanol–water partition coefficient (Wildman–Crippen LogP) is 1.40. The second-order valence-corrected chi connectivity index (χ2v) is 4.67. The van der Waals surface area contributed by atoms with Crippen LogP contribution in [0.3, 0.4) is 0 Å². The van der Waals surface area contributed by atoms with E-state index in [1.165, 1.54) is 0 Å². The zero-order valence-electron chi connectivity index (χ0n) is 10.6. The zero-order chi connectivity index (χ0) is 13.0. The maximum absolute atomic E-state index is 12.1. The van der Waals surface area contributed by atoms with Crippen molar-refractivity contribution in [3.8, 4) is 0 Å². The summed E-state index contributed by atoms with van der Waals surface area (Å²) >= 11 is 0. The average molecular weight is 249 g/mol. The van der Waals surface area contributed by atoms with Crippen molar-refractivity contribution in [1.29, 1.82) is 0 Å². The SMILES string of the molecule is Cc1cc(CO)ccc1C(=O)NC1CCOCC1. The van der Waals surface area contributed by atoms with Crippen LogP contribution in [0.2, 0.25) is 0 Å². The van der Waals surface area contributed by atoms with Crippen LogP contribution in [0, 0.1) is 6.92 Å². The molecule has 1 saturated heterocycles. The maximum Gasteiger partial charge on any atom is 0.251 e. The standard InChI is InChI=1S/C14H19NO3/c1-10-8-11(9-16)2-3-13(10)14(17)15-12-4-6-18-7-5-12/h2-3,8,12,16H,4-7,9H2,1H3,(H,15,17). The zero-order valence-corrected chi connectivity index (χ0v) is 10.6. The molecule has 4 heteroatoms. The minimum Gasteiger partial charge on any atom is -0.392 e. The van der Waals surface area contributed by atoms with Crippen molar-refractivity contribution in [2.45, 2.75) is 32.4 Å². The first-order valence-corrected chi connectivity index (χ1v) is 6.29. The maximum atomic E-state index is 12.1. The lowest BCUT2D eigenvalue weighted by molar-refractivity contribution is 0.0696. The van der Waals surface area contributed by atoms with Gasteiger partial charge in [0.05, 0.1) is 6.61 Å². The van der Waals surface area contributed by atoms with E-state index in [4.69, 9.17) is 9.84 Å². The molecule has 0 aromatic heterocycles. The summed E-state index contributed by atoms with van der Waals surface area (Å²) in [4.78, 5) is 12.1. The summed E-state index contributed by atoms with van der Waals surface area (Å²) in [6, 6.07) is 5.61. The third-order valence-corrected chi connectivity index (χ3v) is 3.27. The number of hydrogen-bond acceptors (Lipinski definition) is 3. The van der Waals surface area contributed by atoms with Gasteiger partial charge in [-0.1, -0.05) is 12.1 Å². The number of nitrogens with one attached hydrogen (secondary N) is 1. The molecule has 1 fully saturated rings. The Hall–Kier alpha value is -1.39. The molecule has 0 bridgehead atoms. The monoisotopic (exact) mass is 249 g/mol. The lowest BCUT2D eigenvalue weighted by atomic mass is 10.0. The highest BCUT2D eigenvalue weighted by Crippen LogP contribution is 2.13. The molecular weight excluding hydrogens is 230 g/mol. The Kier molecular flexibility index (Phi) is 4.33. The van der Waals surface area contributed by atoms with E-state index in [1.54, 1.807) is 12.1 Å². The Morgan fingerprint density at radius 3 is 2.78 bits per heavy atom. The average Bonchev–Trinajstić information content (AvgIpc) is 2.39. The van der Waals surface area contributed by atoms with Gasteiger partial charge in [0.1, 0.15) is 0 Å². The van der Waals surface area contributed by atoms with E-state index in [0.29, 0.717) is 18.8 Å². The summed E-state index contributed by atoms with van der Waals surface area (Å²) in [5.41, 5.74) is 2.40. The molecule has 2 rings (SSSR count). The topological polar surface area (TPSA) is 58.6 Å². The van der Waals surface area contributed by atoms with Gasteiger partial charge in [0.25, 0.3) is 5.91 Å². The van der Waals surface area contributed by atoms with Crippen LogP contribution >= 0.6 is 0 Å². The molecule has 18 heavy (non-hydrogen) atoms. The highest BCUT2D eigenvalue weighted by Gasteiger charge is 2.17. The third kappa shape index (κ3) is 3.09. The number of amides is 1. The van der Waals surface area contributed by atoms with Crippen molar-refractivity contribution in [1.82, 2.24) is 5.32 Å². The van der Waals surface area contributed by atoms with Gasteiger partial charge in [0, 0.05) is 24.8 Å².